The summed E-state index contributed by atoms with van der Waals surface area (Å²) in [6.07, 6.45) is 1.37. The molecule has 0 aliphatic carbocycles. The zero-order valence-corrected chi connectivity index (χ0v) is 12.5. The van der Waals surface area contributed by atoms with Gasteiger partial charge in [0.25, 0.3) is 5.91 Å². The summed E-state index contributed by atoms with van der Waals surface area (Å²) in [5, 5.41) is 2.61. The Morgan fingerprint density at radius 1 is 1.14 bits per heavy atom. The van der Waals surface area contributed by atoms with Crippen molar-refractivity contribution in [1.82, 2.24) is 9.97 Å². The van der Waals surface area contributed by atoms with Gasteiger partial charge in [0.15, 0.2) is 0 Å². The van der Waals surface area contributed by atoms with E-state index in [0.29, 0.717) is 22.6 Å². The van der Waals surface area contributed by atoms with E-state index in [1.54, 1.807) is 13.8 Å². The molecular formula is C13H12FN3O4S. The van der Waals surface area contributed by atoms with Crippen LogP contribution in [-0.4, -0.2) is 24.3 Å². The molecule has 0 spiro atoms. The number of halogens is 1. The number of nitrogens with zero attached hydrogens (tertiary/aromatic N) is 2. The summed E-state index contributed by atoms with van der Waals surface area (Å²) in [5.74, 6) is -0.599. The third kappa shape index (κ3) is 3.98. The molecule has 0 saturated carbocycles. The highest BCUT2D eigenvalue weighted by Crippen LogP contribution is 2.19. The lowest BCUT2D eigenvalue weighted by molar-refractivity contribution is 0.102. The Labute approximate surface area is 126 Å². The van der Waals surface area contributed by atoms with Crippen molar-refractivity contribution < 1.29 is 21.3 Å². The second kappa shape index (κ2) is 6.06. The van der Waals surface area contributed by atoms with E-state index in [9.17, 15) is 17.1 Å². The molecule has 9 heteroatoms. The first kappa shape index (κ1) is 15.8. The van der Waals surface area contributed by atoms with Crippen LogP contribution in [0, 0.1) is 13.8 Å². The molecular weight excluding hydrogens is 313 g/mol. The van der Waals surface area contributed by atoms with Crippen LogP contribution in [0.2, 0.25) is 0 Å². The number of carbonyl (C=O) groups is 1. The first-order valence-electron chi connectivity index (χ1n) is 6.10. The molecule has 1 amide bonds. The largest absolute Gasteiger partial charge is 0.488 e. The Morgan fingerprint density at radius 2 is 1.68 bits per heavy atom. The Morgan fingerprint density at radius 3 is 2.18 bits per heavy atom. The van der Waals surface area contributed by atoms with Crippen molar-refractivity contribution in [2.45, 2.75) is 13.8 Å². The minimum absolute atomic E-state index is 0.198. The quantitative estimate of drug-likeness (QED) is 0.863. The normalized spacial score (nSPS) is 11.0. The number of hydrogen-bond donors (Lipinski definition) is 1. The van der Waals surface area contributed by atoms with Gasteiger partial charge in [-0.05, 0) is 38.1 Å². The van der Waals surface area contributed by atoms with E-state index in [-0.39, 0.29) is 5.75 Å². The lowest BCUT2D eigenvalue weighted by Gasteiger charge is -2.09. The summed E-state index contributed by atoms with van der Waals surface area (Å²) in [4.78, 5) is 20.1. The van der Waals surface area contributed by atoms with Gasteiger partial charge in [0.05, 0.1) is 17.0 Å². The molecule has 1 heterocycles. The molecule has 1 aromatic carbocycles. The molecule has 0 aliphatic heterocycles. The smallest absolute Gasteiger partial charge is 0.358 e. The van der Waals surface area contributed by atoms with Crippen LogP contribution in [0.25, 0.3) is 0 Å². The molecule has 1 aromatic heterocycles. The van der Waals surface area contributed by atoms with E-state index in [2.05, 4.69) is 19.5 Å². The third-order valence-electron chi connectivity index (χ3n) is 2.76. The zero-order valence-electron chi connectivity index (χ0n) is 11.7. The van der Waals surface area contributed by atoms with Crippen molar-refractivity contribution in [3.8, 4) is 5.75 Å². The van der Waals surface area contributed by atoms with Crippen LogP contribution in [0.3, 0.4) is 0 Å². The SMILES string of the molecule is Cc1ncnc(C)c1C(=O)Nc1ccc(OS(=O)(=O)F)cc1. The highest BCUT2D eigenvalue weighted by molar-refractivity contribution is 7.81. The van der Waals surface area contributed by atoms with Crippen molar-refractivity contribution in [1.29, 1.82) is 0 Å². The molecule has 0 radical (unpaired) electrons. The number of hydrogen-bond acceptors (Lipinski definition) is 6. The number of rotatable bonds is 4. The minimum Gasteiger partial charge on any atom is -0.358 e. The lowest BCUT2D eigenvalue weighted by Crippen LogP contribution is -2.16. The molecule has 2 rings (SSSR count). The Bertz CT molecular complexity index is 786. The van der Waals surface area contributed by atoms with Gasteiger partial charge in [-0.1, -0.05) is 3.89 Å². The molecule has 0 atom stereocenters. The highest BCUT2D eigenvalue weighted by Gasteiger charge is 2.14. The monoisotopic (exact) mass is 325 g/mol. The zero-order chi connectivity index (χ0) is 16.3. The summed E-state index contributed by atoms with van der Waals surface area (Å²) in [5.41, 5.74) is 1.81. The van der Waals surface area contributed by atoms with Gasteiger partial charge in [0.2, 0.25) is 0 Å². The van der Waals surface area contributed by atoms with Gasteiger partial charge in [-0.3, -0.25) is 4.79 Å². The van der Waals surface area contributed by atoms with Gasteiger partial charge in [0.1, 0.15) is 12.1 Å². The fourth-order valence-corrected chi connectivity index (χ4v) is 2.16. The molecule has 0 saturated heterocycles. The van der Waals surface area contributed by atoms with Crippen molar-refractivity contribution in [3.63, 3.8) is 0 Å². The van der Waals surface area contributed by atoms with Crippen molar-refractivity contribution in [3.05, 3.63) is 47.5 Å². The summed E-state index contributed by atoms with van der Waals surface area (Å²) in [6.45, 7) is 3.37. The van der Waals surface area contributed by atoms with Crippen LogP contribution < -0.4 is 9.50 Å². The molecule has 116 valence electrons. The van der Waals surface area contributed by atoms with E-state index >= 15 is 0 Å². The van der Waals surface area contributed by atoms with E-state index in [0.717, 1.165) is 0 Å². The highest BCUT2D eigenvalue weighted by atomic mass is 32.3. The summed E-state index contributed by atoms with van der Waals surface area (Å²) in [6, 6.07) is 5.20. The maximum absolute atomic E-state index is 12.4. The van der Waals surface area contributed by atoms with Crippen molar-refractivity contribution in [2.75, 3.05) is 5.32 Å². The lowest BCUT2D eigenvalue weighted by atomic mass is 10.1. The number of aryl methyl sites for hydroxylation is 2. The predicted molar refractivity (Wildman–Crippen MR) is 76.6 cm³/mol. The fourth-order valence-electron chi connectivity index (χ4n) is 1.82. The Balaban J connectivity index is 2.16. The second-order valence-corrected chi connectivity index (χ2v) is 5.33. The van der Waals surface area contributed by atoms with Gasteiger partial charge in [0, 0.05) is 5.69 Å². The second-order valence-electron chi connectivity index (χ2n) is 4.37. The summed E-state index contributed by atoms with van der Waals surface area (Å²) in [7, 11) is -5.07. The maximum atomic E-state index is 12.4. The van der Waals surface area contributed by atoms with Crippen LogP contribution in [0.4, 0.5) is 9.57 Å². The predicted octanol–water partition coefficient (Wildman–Crippen LogP) is 1.94. The Hall–Kier alpha value is -2.55. The number of benzene rings is 1. The molecule has 1 N–H and O–H groups in total. The molecule has 22 heavy (non-hydrogen) atoms. The topological polar surface area (TPSA) is 98.2 Å². The van der Waals surface area contributed by atoms with Crippen LogP contribution in [-0.2, 0) is 10.5 Å². The number of anilines is 1. The van der Waals surface area contributed by atoms with E-state index in [4.69, 9.17) is 0 Å². The maximum Gasteiger partial charge on any atom is 0.488 e. The Kier molecular flexibility index (Phi) is 4.36. The van der Waals surface area contributed by atoms with Gasteiger partial charge in [-0.15, -0.1) is 0 Å². The minimum atomic E-state index is -5.07. The van der Waals surface area contributed by atoms with Crippen LogP contribution >= 0.6 is 0 Å². The van der Waals surface area contributed by atoms with Crippen molar-refractivity contribution >= 4 is 22.1 Å². The number of amides is 1. The summed E-state index contributed by atoms with van der Waals surface area (Å²) < 4.78 is 37.1. The summed E-state index contributed by atoms with van der Waals surface area (Å²) >= 11 is 0. The van der Waals surface area contributed by atoms with Gasteiger partial charge in [-0.2, -0.15) is 8.42 Å². The molecule has 0 aliphatic rings. The average Bonchev–Trinajstić information content (AvgIpc) is 2.39. The first-order chi connectivity index (χ1) is 10.3. The first-order valence-corrected chi connectivity index (χ1v) is 7.41. The number of aromatic nitrogens is 2. The third-order valence-corrected chi connectivity index (χ3v) is 3.15. The van der Waals surface area contributed by atoms with E-state index in [1.165, 1.54) is 30.6 Å². The van der Waals surface area contributed by atoms with Crippen LogP contribution in [0.15, 0.2) is 30.6 Å². The van der Waals surface area contributed by atoms with Gasteiger partial charge < -0.3 is 9.50 Å². The van der Waals surface area contributed by atoms with Gasteiger partial charge >= 0.3 is 10.5 Å². The van der Waals surface area contributed by atoms with Crippen LogP contribution in [0.5, 0.6) is 5.75 Å². The van der Waals surface area contributed by atoms with E-state index < -0.39 is 16.4 Å². The molecule has 2 aromatic rings. The standard InChI is InChI=1S/C13H12FN3O4S/c1-8-12(9(2)16-7-15-8)13(18)17-10-3-5-11(6-4-10)21-22(14,19)20/h3-7H,1-2H3,(H,17,18). The molecule has 7 nitrogen and oxygen atoms in total. The molecule has 0 bridgehead atoms. The van der Waals surface area contributed by atoms with Crippen molar-refractivity contribution in [2.24, 2.45) is 0 Å². The van der Waals surface area contributed by atoms with Crippen LogP contribution in [0.1, 0.15) is 21.7 Å². The molecule has 0 fully saturated rings. The average molecular weight is 325 g/mol. The van der Waals surface area contributed by atoms with Gasteiger partial charge in [-0.25, -0.2) is 9.97 Å². The molecule has 0 unspecified atom stereocenters. The number of carbonyl (C=O) groups excluding carboxylic acids is 1. The fraction of sp³-hybridized carbons (Fsp3) is 0.154. The van der Waals surface area contributed by atoms with E-state index in [1.807, 2.05) is 0 Å². The number of nitrogens with one attached hydrogen (secondary N) is 1.